The molecule has 2 amide bonds. The second-order valence-corrected chi connectivity index (χ2v) is 5.08. The Morgan fingerprint density at radius 1 is 0.952 bits per heavy atom. The highest BCUT2D eigenvalue weighted by atomic mass is 32.1. The van der Waals surface area contributed by atoms with Gasteiger partial charge in [-0.1, -0.05) is 0 Å². The lowest BCUT2D eigenvalue weighted by atomic mass is 10.3. The Bertz CT molecular complexity index is 488. The summed E-state index contributed by atoms with van der Waals surface area (Å²) in [6.45, 7) is 1.49. The lowest BCUT2D eigenvalue weighted by Crippen LogP contribution is -2.27. The molecule has 1 aromatic rings. The third-order valence-electron chi connectivity index (χ3n) is 2.74. The maximum absolute atomic E-state index is 12.1. The van der Waals surface area contributed by atoms with Gasteiger partial charge in [-0.2, -0.15) is 25.3 Å². The first-order chi connectivity index (χ1) is 10.2. The summed E-state index contributed by atoms with van der Waals surface area (Å²) < 4.78 is 10.9. The molecule has 0 bridgehead atoms. The molecule has 0 saturated carbocycles. The molecule has 0 fully saturated rings. The molecule has 9 heteroatoms. The molecule has 21 heavy (non-hydrogen) atoms. The van der Waals surface area contributed by atoms with Gasteiger partial charge >= 0.3 is 0 Å². The first-order valence-electron chi connectivity index (χ1n) is 6.48. The molecule has 0 radical (unpaired) electrons. The third kappa shape index (κ3) is 3.59. The molecular formula is C12H17N3O4S2. The summed E-state index contributed by atoms with van der Waals surface area (Å²) in [7, 11) is 0. The monoisotopic (exact) mass is 331 g/mol. The molecule has 0 atom stereocenters. The standard InChI is InChI=1S/C12H17N3O4S2/c16-11(13-1-5-20)7-9-10(19-4-3-18-9)8(15-7)12(17)14-2-6-21/h15,20-21H,1-6H2,(H,13,16)(H,14,17). The van der Waals surface area contributed by atoms with Crippen LogP contribution in [0.5, 0.6) is 11.5 Å². The average molecular weight is 331 g/mol. The number of amides is 2. The Morgan fingerprint density at radius 3 is 1.76 bits per heavy atom. The van der Waals surface area contributed by atoms with E-state index >= 15 is 0 Å². The van der Waals surface area contributed by atoms with Crippen LogP contribution in [-0.2, 0) is 0 Å². The zero-order chi connectivity index (χ0) is 15.2. The van der Waals surface area contributed by atoms with Gasteiger partial charge in [-0.15, -0.1) is 0 Å². The number of hydrogen-bond acceptors (Lipinski definition) is 6. The highest BCUT2D eigenvalue weighted by Crippen LogP contribution is 2.37. The molecule has 0 aromatic carbocycles. The quantitative estimate of drug-likeness (QED) is 0.478. The lowest BCUT2D eigenvalue weighted by Gasteiger charge is -2.16. The fourth-order valence-corrected chi connectivity index (χ4v) is 2.09. The minimum Gasteiger partial charge on any atom is -0.484 e. The van der Waals surface area contributed by atoms with Crippen LogP contribution in [0.3, 0.4) is 0 Å². The minimum atomic E-state index is -0.362. The van der Waals surface area contributed by atoms with Gasteiger partial charge in [-0.3, -0.25) is 9.59 Å². The molecule has 0 spiro atoms. The molecule has 2 rings (SSSR count). The van der Waals surface area contributed by atoms with Gasteiger partial charge < -0.3 is 25.1 Å². The van der Waals surface area contributed by atoms with E-state index in [1.165, 1.54) is 0 Å². The van der Waals surface area contributed by atoms with Crippen LogP contribution in [0.2, 0.25) is 0 Å². The lowest BCUT2D eigenvalue weighted by molar-refractivity contribution is 0.0936. The van der Waals surface area contributed by atoms with Crippen LogP contribution in [0.15, 0.2) is 0 Å². The van der Waals surface area contributed by atoms with E-state index in [1.54, 1.807) is 0 Å². The van der Waals surface area contributed by atoms with Crippen molar-refractivity contribution in [3.63, 3.8) is 0 Å². The van der Waals surface area contributed by atoms with E-state index in [1.807, 2.05) is 0 Å². The predicted molar refractivity (Wildman–Crippen MR) is 84.2 cm³/mol. The first-order valence-corrected chi connectivity index (χ1v) is 7.75. The van der Waals surface area contributed by atoms with E-state index in [0.717, 1.165) is 0 Å². The van der Waals surface area contributed by atoms with Crippen molar-refractivity contribution in [3.8, 4) is 11.5 Å². The molecule has 0 aliphatic carbocycles. The highest BCUT2D eigenvalue weighted by Gasteiger charge is 2.30. The van der Waals surface area contributed by atoms with E-state index in [0.29, 0.717) is 37.8 Å². The van der Waals surface area contributed by atoms with Gasteiger partial charge in [0.05, 0.1) is 0 Å². The second kappa shape index (κ2) is 7.51. The van der Waals surface area contributed by atoms with Crippen LogP contribution < -0.4 is 20.1 Å². The summed E-state index contributed by atoms with van der Waals surface area (Å²) in [5.41, 5.74) is 0.366. The number of carbonyl (C=O) groups excluding carboxylic acids is 2. The van der Waals surface area contributed by atoms with Gasteiger partial charge in [0, 0.05) is 24.6 Å². The van der Waals surface area contributed by atoms with Crippen LogP contribution in [0.4, 0.5) is 0 Å². The molecule has 7 nitrogen and oxygen atoms in total. The van der Waals surface area contributed by atoms with Crippen molar-refractivity contribution < 1.29 is 19.1 Å². The SMILES string of the molecule is O=C(NCCS)c1[nH]c(C(=O)NCCS)c2c1OCCO2. The summed E-state index contributed by atoms with van der Waals surface area (Å²) in [4.78, 5) is 26.9. The molecule has 1 aromatic heterocycles. The average Bonchev–Trinajstić information content (AvgIpc) is 2.90. The number of aromatic nitrogens is 1. The third-order valence-corrected chi connectivity index (χ3v) is 3.18. The Kier molecular flexibility index (Phi) is 5.68. The van der Waals surface area contributed by atoms with Gasteiger partial charge in [-0.05, 0) is 0 Å². The van der Waals surface area contributed by atoms with Crippen molar-refractivity contribution in [3.05, 3.63) is 11.4 Å². The van der Waals surface area contributed by atoms with E-state index in [4.69, 9.17) is 9.47 Å². The number of fused-ring (bicyclic) bond motifs is 1. The van der Waals surface area contributed by atoms with E-state index in [2.05, 4.69) is 40.9 Å². The van der Waals surface area contributed by atoms with Crippen LogP contribution in [0.25, 0.3) is 0 Å². The number of carbonyl (C=O) groups is 2. The molecule has 116 valence electrons. The summed E-state index contributed by atoms with van der Waals surface area (Å²) in [6.07, 6.45) is 0. The predicted octanol–water partition coefficient (Wildman–Crippen LogP) is 0.105. The maximum Gasteiger partial charge on any atom is 0.271 e. The summed E-state index contributed by atoms with van der Waals surface area (Å²) in [5.74, 6) is 0.851. The van der Waals surface area contributed by atoms with Gasteiger partial charge in [0.15, 0.2) is 22.9 Å². The topological polar surface area (TPSA) is 92.5 Å². The fourth-order valence-electron chi connectivity index (χ4n) is 1.86. The largest absolute Gasteiger partial charge is 0.484 e. The van der Waals surface area contributed by atoms with Gasteiger partial charge in [0.1, 0.15) is 13.2 Å². The summed E-state index contributed by atoms with van der Waals surface area (Å²) in [6, 6.07) is 0. The number of thiol groups is 2. The number of aromatic amines is 1. The Balaban J connectivity index is 2.27. The second-order valence-electron chi connectivity index (χ2n) is 4.19. The Morgan fingerprint density at radius 2 is 1.38 bits per heavy atom. The highest BCUT2D eigenvalue weighted by molar-refractivity contribution is 7.80. The van der Waals surface area contributed by atoms with Crippen molar-refractivity contribution in [2.75, 3.05) is 37.8 Å². The zero-order valence-electron chi connectivity index (χ0n) is 11.3. The van der Waals surface area contributed by atoms with Crippen molar-refractivity contribution in [1.29, 1.82) is 0 Å². The smallest absolute Gasteiger partial charge is 0.271 e. The maximum atomic E-state index is 12.1. The van der Waals surface area contributed by atoms with Crippen LogP contribution in [-0.4, -0.2) is 54.6 Å². The number of H-pyrrole nitrogens is 1. The molecule has 2 heterocycles. The van der Waals surface area contributed by atoms with Crippen molar-refractivity contribution in [2.24, 2.45) is 0 Å². The van der Waals surface area contributed by atoms with Crippen molar-refractivity contribution in [2.45, 2.75) is 0 Å². The zero-order valence-corrected chi connectivity index (χ0v) is 13.1. The molecule has 3 N–H and O–H groups in total. The fraction of sp³-hybridized carbons (Fsp3) is 0.500. The first kappa shape index (κ1) is 15.9. The van der Waals surface area contributed by atoms with Crippen LogP contribution >= 0.6 is 25.3 Å². The van der Waals surface area contributed by atoms with E-state index in [9.17, 15) is 9.59 Å². The molecule has 0 unspecified atom stereocenters. The minimum absolute atomic E-state index is 0.183. The van der Waals surface area contributed by atoms with Gasteiger partial charge in [0.2, 0.25) is 0 Å². The number of ether oxygens (including phenoxy) is 2. The van der Waals surface area contributed by atoms with Crippen LogP contribution in [0, 0.1) is 0 Å². The molecule has 0 saturated heterocycles. The molecular weight excluding hydrogens is 314 g/mol. The van der Waals surface area contributed by atoms with E-state index in [-0.39, 0.29) is 34.7 Å². The Hall–Kier alpha value is -1.48. The molecule has 1 aliphatic rings. The number of hydrogen-bond donors (Lipinski definition) is 5. The van der Waals surface area contributed by atoms with Crippen molar-refractivity contribution in [1.82, 2.24) is 15.6 Å². The van der Waals surface area contributed by atoms with Crippen LogP contribution in [0.1, 0.15) is 21.0 Å². The summed E-state index contributed by atoms with van der Waals surface area (Å²) >= 11 is 8.06. The summed E-state index contributed by atoms with van der Waals surface area (Å²) in [5, 5.41) is 5.34. The van der Waals surface area contributed by atoms with Gasteiger partial charge in [-0.25, -0.2) is 0 Å². The van der Waals surface area contributed by atoms with Gasteiger partial charge in [0.25, 0.3) is 11.8 Å². The number of rotatable bonds is 6. The molecule has 1 aliphatic heterocycles. The normalized spacial score (nSPS) is 12.9. The van der Waals surface area contributed by atoms with Crippen molar-refractivity contribution >= 4 is 37.1 Å². The van der Waals surface area contributed by atoms with E-state index < -0.39 is 0 Å². The number of nitrogens with one attached hydrogen (secondary N) is 3. The Labute approximate surface area is 133 Å².